The van der Waals surface area contributed by atoms with Crippen LogP contribution in [0.25, 0.3) is 0 Å². The molecule has 0 saturated heterocycles. The molecule has 0 spiro atoms. The zero-order valence-corrected chi connectivity index (χ0v) is 10.9. The zero-order chi connectivity index (χ0) is 13.5. The molecule has 0 aliphatic rings. The van der Waals surface area contributed by atoms with Crippen molar-refractivity contribution in [2.45, 2.75) is 26.8 Å². The second-order valence-electron chi connectivity index (χ2n) is 3.88. The molecule has 4 nitrogen and oxygen atoms in total. The van der Waals surface area contributed by atoms with E-state index in [1.54, 1.807) is 0 Å². The lowest BCUT2D eigenvalue weighted by molar-refractivity contribution is 0.141. The van der Waals surface area contributed by atoms with Crippen LogP contribution in [0.3, 0.4) is 0 Å². The summed E-state index contributed by atoms with van der Waals surface area (Å²) in [7, 11) is 0. The van der Waals surface area contributed by atoms with E-state index in [0.29, 0.717) is 19.8 Å². The Morgan fingerprint density at radius 2 is 1.94 bits per heavy atom. The summed E-state index contributed by atoms with van der Waals surface area (Å²) in [5.74, 6) is -1.33. The number of nitrogens with zero attached hydrogens (tertiary/aromatic N) is 1. The Kier molecular flexibility index (Phi) is 5.77. The average molecular weight is 259 g/mol. The van der Waals surface area contributed by atoms with E-state index in [0.717, 1.165) is 6.07 Å². The molecule has 102 valence electrons. The van der Waals surface area contributed by atoms with E-state index < -0.39 is 11.6 Å². The number of aromatic nitrogens is 1. The van der Waals surface area contributed by atoms with Crippen LogP contribution >= 0.6 is 0 Å². The van der Waals surface area contributed by atoms with Gasteiger partial charge in [0.05, 0.1) is 6.61 Å². The van der Waals surface area contributed by atoms with Crippen LogP contribution in [-0.4, -0.2) is 30.8 Å². The minimum absolute atomic E-state index is 0.0274. The van der Waals surface area contributed by atoms with Crippen LogP contribution in [0.4, 0.5) is 20.4 Å². The molecule has 1 heterocycles. The zero-order valence-electron chi connectivity index (χ0n) is 10.9. The van der Waals surface area contributed by atoms with Crippen LogP contribution < -0.4 is 10.6 Å². The quantitative estimate of drug-likeness (QED) is 0.790. The molecule has 0 aromatic carbocycles. The molecule has 0 aliphatic heterocycles. The number of hydrogen-bond donors (Lipinski definition) is 2. The summed E-state index contributed by atoms with van der Waals surface area (Å²) in [5.41, 5.74) is 0. The normalized spacial score (nSPS) is 12.3. The van der Waals surface area contributed by atoms with Crippen molar-refractivity contribution < 1.29 is 13.5 Å². The highest BCUT2D eigenvalue weighted by Crippen LogP contribution is 2.19. The fourth-order valence-electron chi connectivity index (χ4n) is 1.43. The van der Waals surface area contributed by atoms with Crippen molar-refractivity contribution in [3.63, 3.8) is 0 Å². The second-order valence-corrected chi connectivity index (χ2v) is 3.88. The van der Waals surface area contributed by atoms with Crippen LogP contribution in [-0.2, 0) is 4.74 Å². The first-order valence-corrected chi connectivity index (χ1v) is 6.02. The van der Waals surface area contributed by atoms with Gasteiger partial charge in [0.15, 0.2) is 23.3 Å². The smallest absolute Gasteiger partial charge is 0.168 e. The first-order valence-electron chi connectivity index (χ1n) is 6.02. The Morgan fingerprint density at radius 1 is 1.28 bits per heavy atom. The van der Waals surface area contributed by atoms with Crippen molar-refractivity contribution in [3.05, 3.63) is 17.7 Å². The first kappa shape index (κ1) is 14.6. The number of halogens is 2. The number of ether oxygens (including phenoxy) is 1. The van der Waals surface area contributed by atoms with E-state index in [1.807, 2.05) is 20.8 Å². The molecule has 2 N–H and O–H groups in total. The monoisotopic (exact) mass is 259 g/mol. The largest absolute Gasteiger partial charge is 0.380 e. The molecule has 18 heavy (non-hydrogen) atoms. The predicted molar refractivity (Wildman–Crippen MR) is 67.9 cm³/mol. The standard InChI is InChI=1S/C12H19F2N3O/c1-4-15-11-9(13)6-10(14)12(17-11)16-8(3)7-18-5-2/h6,8H,4-5,7H2,1-3H3,(H2,15,16,17). The molecule has 1 aromatic heterocycles. The summed E-state index contributed by atoms with van der Waals surface area (Å²) < 4.78 is 32.1. The highest BCUT2D eigenvalue weighted by Gasteiger charge is 2.13. The number of rotatable bonds is 7. The predicted octanol–water partition coefficient (Wildman–Crippen LogP) is 2.63. The van der Waals surface area contributed by atoms with Gasteiger partial charge >= 0.3 is 0 Å². The van der Waals surface area contributed by atoms with Crippen LogP contribution in [0.15, 0.2) is 6.07 Å². The van der Waals surface area contributed by atoms with Crippen LogP contribution in [0.5, 0.6) is 0 Å². The van der Waals surface area contributed by atoms with Gasteiger partial charge in [0.25, 0.3) is 0 Å². The fourth-order valence-corrected chi connectivity index (χ4v) is 1.43. The van der Waals surface area contributed by atoms with Gasteiger partial charge in [-0.15, -0.1) is 0 Å². The summed E-state index contributed by atoms with van der Waals surface area (Å²) >= 11 is 0. The maximum Gasteiger partial charge on any atom is 0.168 e. The van der Waals surface area contributed by atoms with Gasteiger partial charge in [0, 0.05) is 25.3 Å². The van der Waals surface area contributed by atoms with Crippen molar-refractivity contribution in [2.75, 3.05) is 30.4 Å². The van der Waals surface area contributed by atoms with Gasteiger partial charge in [-0.2, -0.15) is 0 Å². The van der Waals surface area contributed by atoms with Crippen LogP contribution in [0.1, 0.15) is 20.8 Å². The Labute approximate surface area is 106 Å². The van der Waals surface area contributed by atoms with Crippen LogP contribution in [0, 0.1) is 11.6 Å². The topological polar surface area (TPSA) is 46.2 Å². The van der Waals surface area contributed by atoms with Crippen molar-refractivity contribution in [1.82, 2.24) is 4.98 Å². The van der Waals surface area contributed by atoms with Gasteiger partial charge in [-0.05, 0) is 20.8 Å². The maximum atomic E-state index is 13.5. The lowest BCUT2D eigenvalue weighted by atomic mass is 10.3. The van der Waals surface area contributed by atoms with E-state index >= 15 is 0 Å². The van der Waals surface area contributed by atoms with Crippen molar-refractivity contribution in [3.8, 4) is 0 Å². The molecule has 0 aliphatic carbocycles. The summed E-state index contributed by atoms with van der Waals surface area (Å²) in [4.78, 5) is 3.88. The molecular formula is C12H19F2N3O. The maximum absolute atomic E-state index is 13.5. The summed E-state index contributed by atoms with van der Waals surface area (Å²) in [6.45, 7) is 7.08. The van der Waals surface area contributed by atoms with Gasteiger partial charge in [-0.25, -0.2) is 13.8 Å². The minimum atomic E-state index is -0.711. The molecule has 0 saturated carbocycles. The fraction of sp³-hybridized carbons (Fsp3) is 0.583. The average Bonchev–Trinajstić information content (AvgIpc) is 2.33. The molecule has 1 unspecified atom stereocenters. The third-order valence-corrected chi connectivity index (χ3v) is 2.23. The van der Waals surface area contributed by atoms with Gasteiger partial charge in [-0.1, -0.05) is 0 Å². The van der Waals surface area contributed by atoms with E-state index in [4.69, 9.17) is 4.74 Å². The molecule has 0 bridgehead atoms. The Bertz CT molecular complexity index is 388. The number of hydrogen-bond acceptors (Lipinski definition) is 4. The molecule has 0 radical (unpaired) electrons. The molecule has 6 heteroatoms. The second kappa shape index (κ2) is 7.10. The SMILES string of the molecule is CCNc1nc(NC(C)COCC)c(F)cc1F. The Balaban J connectivity index is 2.78. The Hall–Kier alpha value is -1.43. The Morgan fingerprint density at radius 3 is 2.56 bits per heavy atom. The van der Waals surface area contributed by atoms with Gasteiger partial charge in [0.2, 0.25) is 0 Å². The summed E-state index contributed by atoms with van der Waals surface area (Å²) in [6.07, 6.45) is 0. The van der Waals surface area contributed by atoms with Crippen molar-refractivity contribution >= 4 is 11.6 Å². The third kappa shape index (κ3) is 4.10. The van der Waals surface area contributed by atoms with E-state index in [1.165, 1.54) is 0 Å². The minimum Gasteiger partial charge on any atom is -0.380 e. The molecule has 0 amide bonds. The van der Waals surface area contributed by atoms with Gasteiger partial charge in [0.1, 0.15) is 0 Å². The molecule has 1 aromatic rings. The van der Waals surface area contributed by atoms with E-state index in [9.17, 15) is 8.78 Å². The van der Waals surface area contributed by atoms with Crippen molar-refractivity contribution in [2.24, 2.45) is 0 Å². The molecule has 1 rings (SSSR count). The lowest BCUT2D eigenvalue weighted by Crippen LogP contribution is -2.23. The first-order chi connectivity index (χ1) is 8.58. The summed E-state index contributed by atoms with van der Waals surface area (Å²) in [6, 6.07) is 0.715. The molecule has 0 fully saturated rings. The van der Waals surface area contributed by atoms with E-state index in [-0.39, 0.29) is 17.7 Å². The van der Waals surface area contributed by atoms with Gasteiger partial charge in [-0.3, -0.25) is 0 Å². The summed E-state index contributed by atoms with van der Waals surface area (Å²) in [5, 5.41) is 5.59. The number of pyridine rings is 1. The lowest BCUT2D eigenvalue weighted by Gasteiger charge is -2.16. The number of anilines is 2. The van der Waals surface area contributed by atoms with Crippen LogP contribution in [0.2, 0.25) is 0 Å². The highest BCUT2D eigenvalue weighted by atomic mass is 19.1. The van der Waals surface area contributed by atoms with E-state index in [2.05, 4.69) is 15.6 Å². The van der Waals surface area contributed by atoms with Gasteiger partial charge < -0.3 is 15.4 Å². The third-order valence-electron chi connectivity index (χ3n) is 2.23. The highest BCUT2D eigenvalue weighted by molar-refractivity contribution is 5.47. The molecular weight excluding hydrogens is 240 g/mol. The van der Waals surface area contributed by atoms with Crippen molar-refractivity contribution in [1.29, 1.82) is 0 Å². The number of nitrogens with one attached hydrogen (secondary N) is 2. The molecule has 1 atom stereocenters.